The van der Waals surface area contributed by atoms with Crippen molar-refractivity contribution in [1.29, 1.82) is 0 Å². The third-order valence-corrected chi connectivity index (χ3v) is 9.66. The highest BCUT2D eigenvalue weighted by Crippen LogP contribution is 2.47. The van der Waals surface area contributed by atoms with E-state index in [0.717, 1.165) is 38.9 Å². The van der Waals surface area contributed by atoms with Gasteiger partial charge in [-0.05, 0) is 38.9 Å². The SMILES string of the molecule is COC(OC)(OC(c1ccccc1)(c1ccccc1)c1ccccc1)C1CC(O)CN1C(=O)OCC1c2ccccc2-c2ccccc21. The quantitative estimate of drug-likeness (QED) is 0.127. The van der Waals surface area contributed by atoms with Crippen LogP contribution in [0.15, 0.2) is 140 Å². The Hall–Kier alpha value is -4.79. The summed E-state index contributed by atoms with van der Waals surface area (Å²) in [6.07, 6.45) is -1.27. The molecular weight excluding hydrogens is 602 g/mol. The molecule has 2 atom stereocenters. The van der Waals surface area contributed by atoms with Crippen LogP contribution in [0.3, 0.4) is 0 Å². The average Bonchev–Trinajstić information content (AvgIpc) is 3.71. The second-order valence-corrected chi connectivity index (χ2v) is 12.3. The van der Waals surface area contributed by atoms with Crippen LogP contribution in [-0.2, 0) is 24.5 Å². The van der Waals surface area contributed by atoms with Crippen molar-refractivity contribution in [2.45, 2.75) is 36.1 Å². The molecule has 5 aromatic rings. The number of aliphatic hydroxyl groups is 1. The number of aliphatic hydroxyl groups excluding tert-OH is 1. The number of β-amino-alcohol motifs (C(OH)–C–C–N with tert-alkyl or cyclic N) is 1. The van der Waals surface area contributed by atoms with E-state index in [4.69, 9.17) is 18.9 Å². The molecular formula is C41H39NO6. The van der Waals surface area contributed by atoms with Crippen LogP contribution < -0.4 is 0 Å². The van der Waals surface area contributed by atoms with Crippen molar-refractivity contribution in [3.8, 4) is 11.1 Å². The van der Waals surface area contributed by atoms with Crippen molar-refractivity contribution in [1.82, 2.24) is 4.90 Å². The summed E-state index contributed by atoms with van der Waals surface area (Å²) in [5, 5.41) is 11.0. The van der Waals surface area contributed by atoms with Gasteiger partial charge in [-0.2, -0.15) is 0 Å². The Morgan fingerprint density at radius 2 is 1.12 bits per heavy atom. The number of nitrogens with zero attached hydrogens (tertiary/aromatic N) is 1. The average molecular weight is 642 g/mol. The first-order valence-electron chi connectivity index (χ1n) is 16.3. The van der Waals surface area contributed by atoms with E-state index in [0.29, 0.717) is 0 Å². The van der Waals surface area contributed by atoms with Crippen molar-refractivity contribution in [2.75, 3.05) is 27.4 Å². The predicted octanol–water partition coefficient (Wildman–Crippen LogP) is 7.33. The Morgan fingerprint density at radius 3 is 1.58 bits per heavy atom. The normalized spacial score (nSPS) is 17.6. The van der Waals surface area contributed by atoms with Crippen LogP contribution >= 0.6 is 0 Å². The predicted molar refractivity (Wildman–Crippen MR) is 183 cm³/mol. The van der Waals surface area contributed by atoms with Crippen molar-refractivity contribution in [3.05, 3.63) is 167 Å². The lowest BCUT2D eigenvalue weighted by Crippen LogP contribution is -2.59. The van der Waals surface area contributed by atoms with E-state index in [1.54, 1.807) is 0 Å². The van der Waals surface area contributed by atoms with Gasteiger partial charge < -0.3 is 24.1 Å². The molecule has 2 unspecified atom stereocenters. The summed E-state index contributed by atoms with van der Waals surface area (Å²) in [5.41, 5.74) is 5.83. The van der Waals surface area contributed by atoms with E-state index in [2.05, 4.69) is 24.3 Å². The maximum atomic E-state index is 14.1. The zero-order chi connectivity index (χ0) is 33.1. The van der Waals surface area contributed by atoms with Gasteiger partial charge in [-0.25, -0.2) is 4.79 Å². The molecule has 7 nitrogen and oxygen atoms in total. The minimum atomic E-state index is -1.81. The lowest BCUT2D eigenvalue weighted by Gasteiger charge is -2.46. The molecule has 7 rings (SSSR count). The molecule has 0 spiro atoms. The van der Waals surface area contributed by atoms with Crippen molar-refractivity contribution in [2.24, 2.45) is 0 Å². The van der Waals surface area contributed by atoms with E-state index in [-0.39, 0.29) is 25.5 Å². The number of amides is 1. The second kappa shape index (κ2) is 13.4. The van der Waals surface area contributed by atoms with Gasteiger partial charge in [0.2, 0.25) is 0 Å². The van der Waals surface area contributed by atoms with E-state index >= 15 is 0 Å². The summed E-state index contributed by atoms with van der Waals surface area (Å²) >= 11 is 0. The van der Waals surface area contributed by atoms with E-state index in [9.17, 15) is 9.90 Å². The lowest BCUT2D eigenvalue weighted by molar-refractivity contribution is -0.405. The summed E-state index contributed by atoms with van der Waals surface area (Å²) in [4.78, 5) is 15.5. The molecule has 1 aliphatic carbocycles. The zero-order valence-corrected chi connectivity index (χ0v) is 27.1. The number of fused-ring (bicyclic) bond motifs is 3. The van der Waals surface area contributed by atoms with Gasteiger partial charge in [-0.1, -0.05) is 140 Å². The summed E-state index contributed by atoms with van der Waals surface area (Å²) in [5.74, 6) is -1.93. The first-order chi connectivity index (χ1) is 23.5. The van der Waals surface area contributed by atoms with Crippen LogP contribution in [0.25, 0.3) is 11.1 Å². The van der Waals surface area contributed by atoms with E-state index in [1.807, 2.05) is 115 Å². The van der Waals surface area contributed by atoms with Crippen LogP contribution in [-0.4, -0.2) is 61.6 Å². The van der Waals surface area contributed by atoms with Crippen LogP contribution in [0.5, 0.6) is 0 Å². The maximum absolute atomic E-state index is 14.1. The molecule has 48 heavy (non-hydrogen) atoms. The fraction of sp³-hybridized carbons (Fsp3) is 0.244. The number of likely N-dealkylation sites (tertiary alicyclic amines) is 1. The van der Waals surface area contributed by atoms with Gasteiger partial charge >= 0.3 is 12.1 Å². The Morgan fingerprint density at radius 1 is 0.688 bits per heavy atom. The molecule has 1 aliphatic heterocycles. The molecule has 244 valence electrons. The number of hydrogen-bond donors (Lipinski definition) is 1. The van der Waals surface area contributed by atoms with Gasteiger partial charge in [0.1, 0.15) is 18.2 Å². The fourth-order valence-electron chi connectivity index (χ4n) is 7.44. The molecule has 0 bridgehead atoms. The maximum Gasteiger partial charge on any atom is 0.410 e. The highest BCUT2D eigenvalue weighted by molar-refractivity contribution is 5.79. The first kappa shape index (κ1) is 31.8. The smallest absolute Gasteiger partial charge is 0.410 e. The largest absolute Gasteiger partial charge is 0.448 e. The van der Waals surface area contributed by atoms with E-state index in [1.165, 1.54) is 19.1 Å². The molecule has 1 fully saturated rings. The number of rotatable bonds is 10. The molecule has 0 radical (unpaired) electrons. The van der Waals surface area contributed by atoms with Gasteiger partial charge in [0.25, 0.3) is 0 Å². The zero-order valence-electron chi connectivity index (χ0n) is 27.1. The summed E-state index contributed by atoms with van der Waals surface area (Å²) < 4.78 is 25.7. The van der Waals surface area contributed by atoms with Crippen LogP contribution in [0.4, 0.5) is 4.79 Å². The second-order valence-electron chi connectivity index (χ2n) is 12.3. The summed E-state index contributed by atoms with van der Waals surface area (Å²) in [6.45, 7) is 0.177. The molecule has 1 N–H and O–H groups in total. The first-order valence-corrected chi connectivity index (χ1v) is 16.3. The van der Waals surface area contributed by atoms with Crippen LogP contribution in [0.1, 0.15) is 40.2 Å². The number of methoxy groups -OCH3 is 2. The molecule has 0 saturated carbocycles. The third kappa shape index (κ3) is 5.49. The topological polar surface area (TPSA) is 77.5 Å². The van der Waals surface area contributed by atoms with Gasteiger partial charge in [-0.15, -0.1) is 0 Å². The fourth-order valence-corrected chi connectivity index (χ4v) is 7.44. The highest BCUT2D eigenvalue weighted by Gasteiger charge is 2.57. The Labute approximate surface area is 281 Å². The Balaban J connectivity index is 1.25. The minimum Gasteiger partial charge on any atom is -0.448 e. The van der Waals surface area contributed by atoms with Crippen LogP contribution in [0.2, 0.25) is 0 Å². The highest BCUT2D eigenvalue weighted by atomic mass is 16.9. The number of carbonyl (C=O) groups is 1. The van der Waals surface area contributed by atoms with Crippen molar-refractivity contribution < 1.29 is 28.8 Å². The molecule has 1 amide bonds. The van der Waals surface area contributed by atoms with Crippen LogP contribution in [0, 0.1) is 0 Å². The number of benzene rings is 5. The van der Waals surface area contributed by atoms with Gasteiger partial charge in [0.05, 0.1) is 12.6 Å². The van der Waals surface area contributed by atoms with Crippen molar-refractivity contribution >= 4 is 6.09 Å². The Kier molecular flexibility index (Phi) is 8.86. The molecule has 1 heterocycles. The van der Waals surface area contributed by atoms with Crippen molar-refractivity contribution in [3.63, 3.8) is 0 Å². The molecule has 1 saturated heterocycles. The Bertz CT molecular complexity index is 1700. The number of ether oxygens (including phenoxy) is 4. The number of hydrogen-bond acceptors (Lipinski definition) is 6. The van der Waals surface area contributed by atoms with Gasteiger partial charge in [0.15, 0.2) is 0 Å². The molecule has 7 heteroatoms. The monoisotopic (exact) mass is 641 g/mol. The van der Waals surface area contributed by atoms with Gasteiger partial charge in [-0.3, -0.25) is 4.90 Å². The molecule has 0 aromatic heterocycles. The minimum absolute atomic E-state index is 0.0359. The standard InChI is InChI=1S/C41H39NO6/c1-45-41(46-2,48-40(29-16-6-3-7-17-29,30-18-8-4-9-19-30)31-20-10-5-11-21-31)38-26-32(43)27-42(38)39(44)47-28-37-35-24-14-12-22-33(35)34-23-13-15-25-36(34)37/h3-25,32,37-38,43H,26-28H2,1-2H3. The molecule has 5 aromatic carbocycles. The third-order valence-electron chi connectivity index (χ3n) is 9.66. The van der Waals surface area contributed by atoms with Gasteiger partial charge in [0, 0.05) is 26.6 Å². The van der Waals surface area contributed by atoms with E-state index < -0.39 is 29.8 Å². The summed E-state index contributed by atoms with van der Waals surface area (Å²) in [6, 6.07) is 45.2. The summed E-state index contributed by atoms with van der Waals surface area (Å²) in [7, 11) is 2.99. The molecule has 2 aliphatic rings. The lowest BCUT2D eigenvalue weighted by atomic mass is 9.80. The number of carbonyl (C=O) groups excluding carboxylic acids is 1.